The van der Waals surface area contributed by atoms with Crippen molar-refractivity contribution in [2.24, 2.45) is 17.3 Å². The molecule has 0 saturated heterocycles. The molecular formula is C31H54ClNO3SSi. The van der Waals surface area contributed by atoms with Crippen molar-refractivity contribution in [3.63, 3.8) is 0 Å². The first-order chi connectivity index (χ1) is 17.4. The van der Waals surface area contributed by atoms with E-state index < -0.39 is 8.32 Å². The van der Waals surface area contributed by atoms with Crippen molar-refractivity contribution in [2.75, 3.05) is 19.8 Å². The number of Topliss-reactive ketones (excluding diaryl/α,β-unsaturated/α-hetero) is 1. The molecule has 1 heterocycles. The Bertz CT molecular complexity index is 930. The first-order valence-corrected chi connectivity index (χ1v) is 18.3. The molecule has 4 nitrogen and oxygen atoms in total. The van der Waals surface area contributed by atoms with Crippen LogP contribution in [0.4, 0.5) is 0 Å². The Labute approximate surface area is 243 Å². The lowest BCUT2D eigenvalue weighted by Gasteiger charge is -2.36. The summed E-state index contributed by atoms with van der Waals surface area (Å²) in [6.45, 7) is 25.6. The van der Waals surface area contributed by atoms with Gasteiger partial charge < -0.3 is 9.16 Å². The molecule has 7 heteroatoms. The zero-order chi connectivity index (χ0) is 29.1. The summed E-state index contributed by atoms with van der Waals surface area (Å²) >= 11 is 8.05. The molecule has 0 aromatic carbocycles. The number of ketones is 1. The highest BCUT2D eigenvalue weighted by molar-refractivity contribution is 7.09. The van der Waals surface area contributed by atoms with E-state index in [0.29, 0.717) is 24.9 Å². The van der Waals surface area contributed by atoms with E-state index in [9.17, 15) is 4.79 Å². The van der Waals surface area contributed by atoms with E-state index in [1.807, 2.05) is 13.0 Å². The smallest absolute Gasteiger partial charge is 0.191 e. The first kappa shape index (κ1) is 35.2. The van der Waals surface area contributed by atoms with Gasteiger partial charge in [0.1, 0.15) is 5.78 Å². The highest BCUT2D eigenvalue weighted by Crippen LogP contribution is 2.37. The van der Waals surface area contributed by atoms with Crippen molar-refractivity contribution in [1.82, 2.24) is 4.98 Å². The van der Waals surface area contributed by atoms with Gasteiger partial charge in [-0.05, 0) is 76.1 Å². The molecule has 0 saturated carbocycles. The van der Waals surface area contributed by atoms with Crippen LogP contribution in [0.5, 0.6) is 0 Å². The number of aromatic nitrogens is 1. The van der Waals surface area contributed by atoms with Gasteiger partial charge in [-0.1, -0.05) is 71.7 Å². The number of allylic oxidation sites excluding steroid dienone is 2. The normalized spacial score (nSPS) is 15.6. The molecule has 0 fully saturated rings. The predicted octanol–water partition coefficient (Wildman–Crippen LogP) is 9.83. The summed E-state index contributed by atoms with van der Waals surface area (Å²) in [5.74, 6) is 0.640. The minimum Gasteiger partial charge on any atom is -0.417 e. The van der Waals surface area contributed by atoms with E-state index in [0.717, 1.165) is 54.4 Å². The third-order valence-corrected chi connectivity index (χ3v) is 13.3. The minimum atomic E-state index is -1.74. The fourth-order valence-corrected chi connectivity index (χ4v) is 6.11. The lowest BCUT2D eigenvalue weighted by atomic mass is 9.76. The van der Waals surface area contributed by atoms with Gasteiger partial charge in [0.05, 0.1) is 17.3 Å². The number of aryl methyl sites for hydroxylation is 1. The molecular weight excluding hydrogens is 530 g/mol. The van der Waals surface area contributed by atoms with Crippen molar-refractivity contribution in [3.8, 4) is 0 Å². The van der Waals surface area contributed by atoms with Gasteiger partial charge >= 0.3 is 0 Å². The van der Waals surface area contributed by atoms with E-state index >= 15 is 0 Å². The van der Waals surface area contributed by atoms with E-state index in [1.165, 1.54) is 5.57 Å². The molecule has 0 aliphatic rings. The van der Waals surface area contributed by atoms with E-state index in [4.69, 9.17) is 20.8 Å². The van der Waals surface area contributed by atoms with Gasteiger partial charge in [-0.15, -0.1) is 11.3 Å². The number of hydrogen-bond donors (Lipinski definition) is 0. The molecule has 0 amide bonds. The third-order valence-electron chi connectivity index (χ3n) is 7.66. The Morgan fingerprint density at radius 1 is 1.21 bits per heavy atom. The SMILES string of the molecule is CC(=Cc1csc(C)n1)CCC=C(Cl)COCC(C)CC(C)C(=O)C(C)(C)CCCO[Si](C)(C)C(C)(C)C. The van der Waals surface area contributed by atoms with Crippen LogP contribution in [0.2, 0.25) is 18.1 Å². The maximum Gasteiger partial charge on any atom is 0.191 e. The summed E-state index contributed by atoms with van der Waals surface area (Å²) < 4.78 is 12.2. The third kappa shape index (κ3) is 13.0. The van der Waals surface area contributed by atoms with Gasteiger partial charge in [-0.2, -0.15) is 0 Å². The lowest BCUT2D eigenvalue weighted by molar-refractivity contribution is -0.131. The first-order valence-electron chi connectivity index (χ1n) is 14.1. The van der Waals surface area contributed by atoms with Gasteiger partial charge in [-0.3, -0.25) is 4.79 Å². The monoisotopic (exact) mass is 583 g/mol. The summed E-state index contributed by atoms with van der Waals surface area (Å²) in [7, 11) is -1.74. The van der Waals surface area contributed by atoms with E-state index in [2.05, 4.69) is 84.9 Å². The Balaban J connectivity index is 2.35. The number of carbonyl (C=O) groups excluding carboxylic acids is 1. The average Bonchev–Trinajstić information content (AvgIpc) is 3.19. The summed E-state index contributed by atoms with van der Waals surface area (Å²) in [5, 5.41) is 4.11. The lowest BCUT2D eigenvalue weighted by Crippen LogP contribution is -2.41. The fourth-order valence-electron chi connectivity index (χ4n) is 4.27. The molecule has 2 unspecified atom stereocenters. The Kier molecular flexibility index (Phi) is 14.7. The highest BCUT2D eigenvalue weighted by atomic mass is 35.5. The van der Waals surface area contributed by atoms with Gasteiger partial charge in [0.2, 0.25) is 0 Å². The molecule has 0 aliphatic carbocycles. The number of hydrogen-bond acceptors (Lipinski definition) is 5. The Morgan fingerprint density at radius 2 is 1.87 bits per heavy atom. The van der Waals surface area contributed by atoms with Crippen molar-refractivity contribution >= 4 is 43.1 Å². The van der Waals surface area contributed by atoms with Crippen LogP contribution in [0.3, 0.4) is 0 Å². The number of carbonyl (C=O) groups is 1. The van der Waals surface area contributed by atoms with Crippen molar-refractivity contribution in [1.29, 1.82) is 0 Å². The zero-order valence-electron chi connectivity index (χ0n) is 26.0. The summed E-state index contributed by atoms with van der Waals surface area (Å²) in [4.78, 5) is 17.7. The molecule has 0 aliphatic heterocycles. The van der Waals surface area contributed by atoms with Crippen molar-refractivity contribution < 1.29 is 14.0 Å². The van der Waals surface area contributed by atoms with E-state index in [-0.39, 0.29) is 16.4 Å². The maximum absolute atomic E-state index is 13.2. The van der Waals surface area contributed by atoms with Crippen LogP contribution in [-0.4, -0.2) is 38.9 Å². The van der Waals surface area contributed by atoms with Crippen LogP contribution >= 0.6 is 22.9 Å². The minimum absolute atomic E-state index is 0.00666. The predicted molar refractivity (Wildman–Crippen MR) is 169 cm³/mol. The van der Waals surface area contributed by atoms with Gasteiger partial charge in [0.15, 0.2) is 8.32 Å². The topological polar surface area (TPSA) is 48.4 Å². The van der Waals surface area contributed by atoms with Gasteiger partial charge in [0.25, 0.3) is 0 Å². The molecule has 0 spiro atoms. The van der Waals surface area contributed by atoms with Crippen molar-refractivity contribution in [3.05, 3.63) is 32.8 Å². The number of rotatable bonds is 17. The summed E-state index contributed by atoms with van der Waals surface area (Å²) in [5.41, 5.74) is 1.98. The van der Waals surface area contributed by atoms with Crippen LogP contribution in [0.25, 0.3) is 6.08 Å². The van der Waals surface area contributed by atoms with Gasteiger partial charge in [-0.25, -0.2) is 4.98 Å². The molecule has 0 bridgehead atoms. The van der Waals surface area contributed by atoms with Crippen LogP contribution in [0.15, 0.2) is 22.1 Å². The fraction of sp³-hybridized carbons (Fsp3) is 0.742. The largest absolute Gasteiger partial charge is 0.417 e. The second-order valence-corrected chi connectivity index (χ2v) is 19.5. The zero-order valence-corrected chi connectivity index (χ0v) is 28.6. The molecule has 2 atom stereocenters. The number of thiazole rings is 1. The quantitative estimate of drug-likeness (QED) is 0.135. The Morgan fingerprint density at radius 3 is 2.45 bits per heavy atom. The standard InChI is InChI=1S/C31H54ClNO3SSi/c1-23(19-28-22-37-26(4)33-28)14-12-15-27(32)21-35-20-24(2)18-25(3)29(34)31(8,9)16-13-17-36-38(10,11)30(5,6)7/h15,19,22,24-25H,12-14,16-18,20-21H2,1-11H3. The van der Waals surface area contributed by atoms with Crippen LogP contribution in [0, 0.1) is 24.2 Å². The molecule has 0 N–H and O–H groups in total. The second-order valence-electron chi connectivity index (χ2n) is 13.2. The number of ether oxygens (including phenoxy) is 1. The average molecular weight is 584 g/mol. The van der Waals surface area contributed by atoms with Crippen LogP contribution in [-0.2, 0) is 14.0 Å². The Hall–Kier alpha value is -0.793. The summed E-state index contributed by atoms with van der Waals surface area (Å²) in [6, 6.07) is 0. The molecule has 1 aromatic rings. The van der Waals surface area contributed by atoms with E-state index in [1.54, 1.807) is 11.3 Å². The van der Waals surface area contributed by atoms with Crippen LogP contribution < -0.4 is 0 Å². The number of nitrogens with zero attached hydrogens (tertiary/aromatic N) is 1. The second kappa shape index (κ2) is 15.9. The molecule has 1 rings (SSSR count). The molecule has 0 radical (unpaired) electrons. The molecule has 218 valence electrons. The van der Waals surface area contributed by atoms with Crippen LogP contribution in [0.1, 0.15) is 98.2 Å². The molecule has 38 heavy (non-hydrogen) atoms. The molecule has 1 aromatic heterocycles. The maximum atomic E-state index is 13.2. The number of halogens is 1. The highest BCUT2D eigenvalue weighted by Gasteiger charge is 2.37. The van der Waals surface area contributed by atoms with Crippen molar-refractivity contribution in [2.45, 2.75) is 113 Å². The van der Waals surface area contributed by atoms with Gasteiger partial charge in [0, 0.05) is 35.0 Å². The summed E-state index contributed by atoms with van der Waals surface area (Å²) in [6.07, 6.45) is 8.60.